The number of carbonyl (C=O) groups is 2. The lowest BCUT2D eigenvalue weighted by molar-refractivity contribution is -0.904. The molecule has 1 fully saturated rings. The van der Waals surface area contributed by atoms with E-state index in [1.807, 2.05) is 30.5 Å². The van der Waals surface area contributed by atoms with Crippen LogP contribution < -0.4 is 20.1 Å². The largest absolute Gasteiger partial charge is 0.542 e. The molecule has 0 bridgehead atoms. The highest BCUT2D eigenvalue weighted by Gasteiger charge is 2.42. The molecule has 1 aliphatic heterocycles. The molecule has 4 aromatic heterocycles. The van der Waals surface area contributed by atoms with Crippen molar-refractivity contribution < 1.29 is 50.7 Å². The highest BCUT2D eigenvalue weighted by Crippen LogP contribution is 2.34. The number of ether oxygens (including phenoxy) is 1. The van der Waals surface area contributed by atoms with Crippen molar-refractivity contribution in [1.82, 2.24) is 24.9 Å². The maximum Gasteiger partial charge on any atom is 0.430 e. The van der Waals surface area contributed by atoms with Gasteiger partial charge in [0.15, 0.2) is 11.7 Å². The number of hydrogen-bond donors (Lipinski definition) is 2. The van der Waals surface area contributed by atoms with Gasteiger partial charge in [0.25, 0.3) is 5.91 Å². The monoisotopic (exact) mass is 720 g/mol. The van der Waals surface area contributed by atoms with E-state index < -0.39 is 30.3 Å². The van der Waals surface area contributed by atoms with Gasteiger partial charge in [-0.15, -0.1) is 11.3 Å². The molecule has 0 aliphatic carbocycles. The van der Waals surface area contributed by atoms with E-state index >= 15 is 0 Å². The van der Waals surface area contributed by atoms with Gasteiger partial charge in [0.1, 0.15) is 24.9 Å². The lowest BCUT2D eigenvalue weighted by atomic mass is 10.1. The van der Waals surface area contributed by atoms with Crippen LogP contribution in [0.5, 0.6) is 5.75 Å². The van der Waals surface area contributed by atoms with Gasteiger partial charge in [-0.2, -0.15) is 31.4 Å². The Morgan fingerprint density at radius 2 is 1.64 bits per heavy atom. The molecule has 10 nitrogen and oxygen atoms in total. The van der Waals surface area contributed by atoms with Crippen molar-refractivity contribution >= 4 is 28.9 Å². The number of quaternary nitrogens is 1. The second-order valence-corrected chi connectivity index (χ2v) is 12.2. The standard InChI is InChI=1S/C31H29F3N6O2S.C2HF3O2/c32-31(33,34)28(22-8-10-35-11-9-22)38-30(41)27-16-23(20-43-27)26-18-37-40-19-24(17-36-29(26)40)21-4-6-25(7-5-21)42-15-14-39-12-2-1-3-13-39;3-2(4,5)1(6)7/h4-11,16-20,28H,1-3,12-15H2,(H,38,41);(H,6,7). The molecule has 0 radical (unpaired) electrons. The van der Waals surface area contributed by atoms with Gasteiger partial charge < -0.3 is 24.9 Å². The quantitative estimate of drug-likeness (QED) is 0.218. The molecule has 50 heavy (non-hydrogen) atoms. The van der Waals surface area contributed by atoms with Crippen LogP contribution in [0.25, 0.3) is 27.9 Å². The van der Waals surface area contributed by atoms with Crippen LogP contribution in [0.4, 0.5) is 26.3 Å². The van der Waals surface area contributed by atoms with E-state index in [4.69, 9.17) is 14.6 Å². The SMILES string of the molecule is O=C(NC(c1ccncc1)C(F)(F)F)c1cc(-c2cnn3cc(-c4ccc(OCC[NH+]5CCCCC5)cc4)cnc23)cs1.O=C([O-])C(F)(F)F. The first-order valence-electron chi connectivity index (χ1n) is 15.3. The summed E-state index contributed by atoms with van der Waals surface area (Å²) >= 11 is 1.06. The third-order valence-corrected chi connectivity index (χ3v) is 8.77. The fourth-order valence-corrected chi connectivity index (χ4v) is 6.10. The summed E-state index contributed by atoms with van der Waals surface area (Å²) in [5.74, 6) is -3.00. The Morgan fingerprint density at radius 1 is 0.960 bits per heavy atom. The Bertz CT molecular complexity index is 1890. The lowest BCUT2D eigenvalue weighted by Crippen LogP contribution is -3.13. The molecule has 5 aromatic rings. The molecule has 0 spiro atoms. The van der Waals surface area contributed by atoms with E-state index in [0.717, 1.165) is 34.8 Å². The summed E-state index contributed by atoms with van der Waals surface area (Å²) in [5, 5.41) is 17.0. The molecule has 1 unspecified atom stereocenters. The average Bonchev–Trinajstić information content (AvgIpc) is 3.75. The minimum atomic E-state index is -5.19. The first-order valence-corrected chi connectivity index (χ1v) is 16.2. The van der Waals surface area contributed by atoms with Crippen LogP contribution in [0.3, 0.4) is 0 Å². The predicted octanol–water partition coefficient (Wildman–Crippen LogP) is 4.30. The number of halogens is 6. The van der Waals surface area contributed by atoms with Crippen molar-refractivity contribution in [2.24, 2.45) is 0 Å². The second-order valence-electron chi connectivity index (χ2n) is 11.3. The molecular formula is C33H30F6N6O4S. The molecule has 1 saturated heterocycles. The van der Waals surface area contributed by atoms with E-state index in [1.54, 1.807) is 33.3 Å². The number of carboxylic acids is 1. The van der Waals surface area contributed by atoms with Gasteiger partial charge >= 0.3 is 12.4 Å². The topological polar surface area (TPSA) is 126 Å². The van der Waals surface area contributed by atoms with Crippen LogP contribution in [0.2, 0.25) is 0 Å². The minimum Gasteiger partial charge on any atom is -0.542 e. The normalized spacial score (nSPS) is 14.4. The Labute approximate surface area is 285 Å². The summed E-state index contributed by atoms with van der Waals surface area (Å²) in [6, 6.07) is 9.75. The summed E-state index contributed by atoms with van der Waals surface area (Å²) < 4.78 is 80.3. The first-order chi connectivity index (χ1) is 23.8. The summed E-state index contributed by atoms with van der Waals surface area (Å²) in [5.41, 5.74) is 3.62. The number of hydrogen-bond acceptors (Lipinski definition) is 8. The van der Waals surface area contributed by atoms with Gasteiger partial charge in [-0.05, 0) is 71.7 Å². The zero-order valence-electron chi connectivity index (χ0n) is 26.1. The Hall–Kier alpha value is -5.03. The summed E-state index contributed by atoms with van der Waals surface area (Å²) in [6.07, 6.45) is 1.83. The summed E-state index contributed by atoms with van der Waals surface area (Å²) in [6.45, 7) is 4.16. The van der Waals surface area contributed by atoms with Gasteiger partial charge in [-0.1, -0.05) is 12.1 Å². The van der Waals surface area contributed by atoms with Crippen LogP contribution in [0.15, 0.2) is 78.8 Å². The number of fused-ring (bicyclic) bond motifs is 1. The molecule has 1 atom stereocenters. The van der Waals surface area contributed by atoms with Crippen LogP contribution in [0, 0.1) is 0 Å². The van der Waals surface area contributed by atoms with E-state index in [0.29, 0.717) is 23.4 Å². The Morgan fingerprint density at radius 3 is 2.28 bits per heavy atom. The number of carbonyl (C=O) groups excluding carboxylic acids is 2. The van der Waals surface area contributed by atoms with E-state index in [-0.39, 0.29) is 10.4 Å². The Kier molecular flexibility index (Phi) is 11.4. The first kappa shape index (κ1) is 36.3. The van der Waals surface area contributed by atoms with Gasteiger partial charge in [0.05, 0.1) is 24.2 Å². The third kappa shape index (κ3) is 9.35. The predicted molar refractivity (Wildman–Crippen MR) is 168 cm³/mol. The smallest absolute Gasteiger partial charge is 0.430 e. The van der Waals surface area contributed by atoms with Crippen molar-refractivity contribution in [3.8, 4) is 28.0 Å². The number of pyridine rings is 1. The summed E-state index contributed by atoms with van der Waals surface area (Å²) in [4.78, 5) is 31.7. The van der Waals surface area contributed by atoms with Gasteiger partial charge in [0, 0.05) is 35.9 Å². The average molecular weight is 721 g/mol. The van der Waals surface area contributed by atoms with Crippen molar-refractivity contribution in [2.45, 2.75) is 37.7 Å². The fourth-order valence-electron chi connectivity index (χ4n) is 5.29. The number of benzene rings is 1. The highest BCUT2D eigenvalue weighted by atomic mass is 32.1. The van der Waals surface area contributed by atoms with E-state index in [2.05, 4.69) is 20.4 Å². The van der Waals surface area contributed by atoms with E-state index in [9.17, 15) is 31.1 Å². The number of alkyl halides is 6. The van der Waals surface area contributed by atoms with Crippen molar-refractivity contribution in [2.75, 3.05) is 26.2 Å². The molecule has 5 heterocycles. The van der Waals surface area contributed by atoms with Crippen LogP contribution in [-0.2, 0) is 4.79 Å². The van der Waals surface area contributed by atoms with Gasteiger partial charge in [-0.25, -0.2) is 9.50 Å². The van der Waals surface area contributed by atoms with Crippen molar-refractivity contribution in [3.63, 3.8) is 0 Å². The summed E-state index contributed by atoms with van der Waals surface area (Å²) in [7, 11) is 0. The molecule has 0 saturated carbocycles. The number of aliphatic carboxylic acids is 1. The molecule has 1 amide bonds. The number of carboxylic acid groups (broad SMARTS) is 1. The lowest BCUT2D eigenvalue weighted by Gasteiger charge is -2.23. The maximum absolute atomic E-state index is 13.7. The molecular weight excluding hydrogens is 690 g/mol. The van der Waals surface area contributed by atoms with Crippen LogP contribution in [-0.4, -0.2) is 70.1 Å². The molecule has 1 aliphatic rings. The number of aromatic nitrogens is 4. The number of nitrogens with zero attached hydrogens (tertiary/aromatic N) is 4. The molecule has 2 N–H and O–H groups in total. The Balaban J connectivity index is 0.000000630. The zero-order chi connectivity index (χ0) is 35.9. The van der Waals surface area contributed by atoms with Gasteiger partial charge in [0.2, 0.25) is 0 Å². The second kappa shape index (κ2) is 15.7. The number of rotatable bonds is 9. The number of likely N-dealkylation sites (tertiary alicyclic amines) is 1. The highest BCUT2D eigenvalue weighted by molar-refractivity contribution is 7.12. The zero-order valence-corrected chi connectivity index (χ0v) is 26.9. The van der Waals surface area contributed by atoms with Crippen molar-refractivity contribution in [1.29, 1.82) is 0 Å². The third-order valence-electron chi connectivity index (χ3n) is 7.84. The number of piperidine rings is 1. The van der Waals surface area contributed by atoms with Crippen LogP contribution in [0.1, 0.15) is 40.5 Å². The fraction of sp³-hybridized carbons (Fsp3) is 0.303. The maximum atomic E-state index is 13.7. The minimum absolute atomic E-state index is 0.0915. The van der Waals surface area contributed by atoms with Crippen LogP contribution >= 0.6 is 11.3 Å². The molecule has 1 aromatic carbocycles. The van der Waals surface area contributed by atoms with Crippen molar-refractivity contribution in [3.05, 3.63) is 89.3 Å². The number of nitrogens with one attached hydrogen (secondary N) is 2. The number of thiophene rings is 1. The van der Waals surface area contributed by atoms with Gasteiger partial charge in [-0.3, -0.25) is 9.78 Å². The molecule has 17 heteroatoms. The number of amides is 1. The molecule has 6 rings (SSSR count). The van der Waals surface area contributed by atoms with E-state index in [1.165, 1.54) is 56.9 Å². The molecule has 264 valence electrons.